The normalized spacial score (nSPS) is 11.2. The smallest absolute Gasteiger partial charge is 0.147 e. The zero-order valence-corrected chi connectivity index (χ0v) is 12.4. The summed E-state index contributed by atoms with van der Waals surface area (Å²) in [6.07, 6.45) is 0. The van der Waals surface area contributed by atoms with Crippen molar-refractivity contribution in [2.45, 2.75) is 5.88 Å². The van der Waals surface area contributed by atoms with E-state index in [4.69, 9.17) is 11.6 Å². The van der Waals surface area contributed by atoms with E-state index >= 15 is 0 Å². The highest BCUT2D eigenvalue weighted by molar-refractivity contribution is 9.10. The van der Waals surface area contributed by atoms with Crippen LogP contribution in [0, 0.1) is 11.6 Å². The molecule has 0 saturated heterocycles. The standard InChI is InChI=1S/C14H8BrClF2N2/c15-8-1-3-10(18)13(5-8)20-12-4-2-9(17)6-11(12)19-14(20)7-16/h1-6H,7H2. The maximum atomic E-state index is 14.1. The Kier molecular flexibility index (Phi) is 3.48. The van der Waals surface area contributed by atoms with Gasteiger partial charge in [-0.3, -0.25) is 4.57 Å². The van der Waals surface area contributed by atoms with Crippen molar-refractivity contribution in [2.24, 2.45) is 0 Å². The molecule has 0 aliphatic carbocycles. The fourth-order valence-corrected chi connectivity index (χ4v) is 2.65. The summed E-state index contributed by atoms with van der Waals surface area (Å²) in [5, 5.41) is 0. The fraction of sp³-hybridized carbons (Fsp3) is 0.0714. The van der Waals surface area contributed by atoms with Gasteiger partial charge in [0, 0.05) is 10.5 Å². The molecule has 0 aliphatic heterocycles. The molecule has 0 amide bonds. The fourth-order valence-electron chi connectivity index (χ4n) is 2.12. The summed E-state index contributed by atoms with van der Waals surface area (Å²) >= 11 is 9.18. The molecule has 0 atom stereocenters. The summed E-state index contributed by atoms with van der Waals surface area (Å²) in [5.41, 5.74) is 1.38. The zero-order chi connectivity index (χ0) is 14.3. The van der Waals surface area contributed by atoms with E-state index in [0.717, 1.165) is 4.47 Å². The molecule has 1 aromatic heterocycles. The summed E-state index contributed by atoms with van der Waals surface area (Å²) in [6, 6.07) is 8.78. The predicted molar refractivity (Wildman–Crippen MR) is 78.2 cm³/mol. The number of aromatic nitrogens is 2. The molecule has 0 fully saturated rings. The van der Waals surface area contributed by atoms with E-state index in [-0.39, 0.29) is 5.88 Å². The van der Waals surface area contributed by atoms with Crippen LogP contribution in [0.25, 0.3) is 16.7 Å². The molecular weight excluding hydrogens is 350 g/mol. The lowest BCUT2D eigenvalue weighted by Gasteiger charge is -2.09. The molecule has 3 rings (SSSR count). The van der Waals surface area contributed by atoms with Crippen molar-refractivity contribution in [3.05, 3.63) is 58.3 Å². The summed E-state index contributed by atoms with van der Waals surface area (Å²) in [7, 11) is 0. The van der Waals surface area contributed by atoms with Gasteiger partial charge >= 0.3 is 0 Å². The van der Waals surface area contributed by atoms with Crippen LogP contribution in [0.5, 0.6) is 0 Å². The van der Waals surface area contributed by atoms with Gasteiger partial charge < -0.3 is 0 Å². The summed E-state index contributed by atoms with van der Waals surface area (Å²) < 4.78 is 29.7. The maximum absolute atomic E-state index is 14.1. The van der Waals surface area contributed by atoms with Crippen LogP contribution in [0.3, 0.4) is 0 Å². The monoisotopic (exact) mass is 356 g/mol. The molecule has 0 saturated carbocycles. The topological polar surface area (TPSA) is 17.8 Å². The van der Waals surface area contributed by atoms with Crippen LogP contribution >= 0.6 is 27.5 Å². The highest BCUT2D eigenvalue weighted by Crippen LogP contribution is 2.27. The summed E-state index contributed by atoms with van der Waals surface area (Å²) in [6.45, 7) is 0. The number of imidazole rings is 1. The molecule has 20 heavy (non-hydrogen) atoms. The Bertz CT molecular complexity index is 801. The minimum absolute atomic E-state index is 0.0995. The minimum atomic E-state index is -0.400. The van der Waals surface area contributed by atoms with Crippen molar-refractivity contribution in [1.29, 1.82) is 0 Å². The van der Waals surface area contributed by atoms with E-state index in [2.05, 4.69) is 20.9 Å². The lowest BCUT2D eigenvalue weighted by Crippen LogP contribution is -2.02. The molecule has 0 N–H and O–H groups in total. The molecule has 102 valence electrons. The Morgan fingerprint density at radius 1 is 1.15 bits per heavy atom. The first-order valence-electron chi connectivity index (χ1n) is 5.78. The van der Waals surface area contributed by atoms with Crippen LogP contribution in [0.4, 0.5) is 8.78 Å². The third-order valence-electron chi connectivity index (χ3n) is 2.95. The van der Waals surface area contributed by atoms with Gasteiger partial charge in [-0.25, -0.2) is 13.8 Å². The molecule has 1 heterocycles. The Morgan fingerprint density at radius 2 is 1.95 bits per heavy atom. The summed E-state index contributed by atoms with van der Waals surface area (Å²) in [4.78, 5) is 4.25. The van der Waals surface area contributed by atoms with Crippen molar-refractivity contribution in [3.8, 4) is 5.69 Å². The largest absolute Gasteiger partial charge is 0.292 e. The highest BCUT2D eigenvalue weighted by Gasteiger charge is 2.15. The second-order valence-electron chi connectivity index (χ2n) is 4.23. The Labute approximate surface area is 127 Å². The number of hydrogen-bond donors (Lipinski definition) is 0. The van der Waals surface area contributed by atoms with Gasteiger partial charge in [0.1, 0.15) is 17.5 Å². The van der Waals surface area contributed by atoms with Crippen LogP contribution in [0.1, 0.15) is 5.82 Å². The van der Waals surface area contributed by atoms with Gasteiger partial charge in [0.15, 0.2) is 0 Å². The highest BCUT2D eigenvalue weighted by atomic mass is 79.9. The third-order valence-corrected chi connectivity index (χ3v) is 3.69. The van der Waals surface area contributed by atoms with Crippen LogP contribution in [0.15, 0.2) is 40.9 Å². The van der Waals surface area contributed by atoms with Crippen molar-refractivity contribution in [2.75, 3.05) is 0 Å². The average Bonchev–Trinajstić information content (AvgIpc) is 2.78. The number of nitrogens with zero attached hydrogens (tertiary/aromatic N) is 2. The molecule has 2 aromatic carbocycles. The molecule has 0 spiro atoms. The van der Waals surface area contributed by atoms with Crippen molar-refractivity contribution >= 4 is 38.6 Å². The maximum Gasteiger partial charge on any atom is 0.147 e. The SMILES string of the molecule is Fc1ccc2c(c1)nc(CCl)n2-c1cc(Br)ccc1F. The second kappa shape index (κ2) is 5.14. The predicted octanol–water partition coefficient (Wildman–Crippen LogP) is 4.81. The first kappa shape index (κ1) is 13.5. The van der Waals surface area contributed by atoms with Gasteiger partial charge in [0.2, 0.25) is 0 Å². The third kappa shape index (κ3) is 2.21. The summed E-state index contributed by atoms with van der Waals surface area (Å²) in [5.74, 6) is -0.229. The number of alkyl halides is 1. The first-order chi connectivity index (χ1) is 9.60. The lowest BCUT2D eigenvalue weighted by atomic mass is 10.2. The quantitative estimate of drug-likeness (QED) is 0.602. The molecule has 0 radical (unpaired) electrons. The van der Waals surface area contributed by atoms with Gasteiger partial charge in [0.25, 0.3) is 0 Å². The number of benzene rings is 2. The van der Waals surface area contributed by atoms with Gasteiger partial charge in [-0.1, -0.05) is 15.9 Å². The molecular formula is C14H8BrClF2N2. The van der Waals surface area contributed by atoms with Gasteiger partial charge in [-0.2, -0.15) is 0 Å². The van der Waals surface area contributed by atoms with Crippen molar-refractivity contribution in [3.63, 3.8) is 0 Å². The molecule has 0 bridgehead atoms. The lowest BCUT2D eigenvalue weighted by molar-refractivity contribution is 0.617. The van der Waals surface area contributed by atoms with Crippen LogP contribution < -0.4 is 0 Å². The average molecular weight is 358 g/mol. The zero-order valence-electron chi connectivity index (χ0n) is 10.1. The first-order valence-corrected chi connectivity index (χ1v) is 7.11. The van der Waals surface area contributed by atoms with Crippen LogP contribution in [-0.4, -0.2) is 9.55 Å². The van der Waals surface area contributed by atoms with Gasteiger partial charge in [-0.15, -0.1) is 11.6 Å². The van der Waals surface area contributed by atoms with Crippen molar-refractivity contribution in [1.82, 2.24) is 9.55 Å². The van der Waals surface area contributed by atoms with E-state index in [1.807, 2.05) is 0 Å². The Morgan fingerprint density at radius 3 is 2.70 bits per heavy atom. The van der Waals surface area contributed by atoms with Gasteiger partial charge in [0.05, 0.1) is 22.6 Å². The Hall–Kier alpha value is -1.46. The number of hydrogen-bond acceptors (Lipinski definition) is 1. The molecule has 0 unspecified atom stereocenters. The van der Waals surface area contributed by atoms with E-state index in [1.54, 1.807) is 22.8 Å². The van der Waals surface area contributed by atoms with E-state index in [9.17, 15) is 8.78 Å². The van der Waals surface area contributed by atoms with Crippen LogP contribution in [-0.2, 0) is 5.88 Å². The van der Waals surface area contributed by atoms with E-state index in [1.165, 1.54) is 18.2 Å². The Balaban J connectivity index is 2.37. The van der Waals surface area contributed by atoms with E-state index in [0.29, 0.717) is 22.5 Å². The molecule has 0 aliphatic rings. The van der Waals surface area contributed by atoms with E-state index < -0.39 is 11.6 Å². The second-order valence-corrected chi connectivity index (χ2v) is 5.41. The molecule has 2 nitrogen and oxygen atoms in total. The molecule has 6 heteroatoms. The number of halogens is 4. The molecule has 3 aromatic rings. The van der Waals surface area contributed by atoms with Gasteiger partial charge in [-0.05, 0) is 30.3 Å². The van der Waals surface area contributed by atoms with Crippen molar-refractivity contribution < 1.29 is 8.78 Å². The number of rotatable bonds is 2. The minimum Gasteiger partial charge on any atom is -0.292 e. The number of fused-ring (bicyclic) bond motifs is 1. The van der Waals surface area contributed by atoms with Crippen LogP contribution in [0.2, 0.25) is 0 Å².